The minimum Gasteiger partial charge on any atom is -1.00 e. The van der Waals surface area contributed by atoms with Gasteiger partial charge in [0.05, 0.1) is 0 Å². The number of hydrogen-bond donors (Lipinski definition) is 0. The number of aryl methyl sites for hydroxylation is 6. The fourth-order valence-corrected chi connectivity index (χ4v) is 3.42. The van der Waals surface area contributed by atoms with Crippen LogP contribution < -0.4 is 85.6 Å². The summed E-state index contributed by atoms with van der Waals surface area (Å²) in [6.45, 7) is 16.3. The van der Waals surface area contributed by atoms with Crippen LogP contribution in [-0.2, 0) is 38.9 Å². The van der Waals surface area contributed by atoms with E-state index in [0.717, 1.165) is 38.9 Å². The van der Waals surface area contributed by atoms with Crippen LogP contribution in [0.3, 0.4) is 0 Å². The van der Waals surface area contributed by atoms with Gasteiger partial charge in [0.25, 0.3) is 0 Å². The van der Waals surface area contributed by atoms with E-state index >= 15 is 0 Å². The lowest BCUT2D eigenvalue weighted by Crippen LogP contribution is -3.00. The van der Waals surface area contributed by atoms with Crippen molar-refractivity contribution in [2.75, 3.05) is 0 Å². The third-order valence-corrected chi connectivity index (χ3v) is 5.21. The second kappa shape index (κ2) is 23.4. The van der Waals surface area contributed by atoms with E-state index in [-0.39, 0.29) is 71.9 Å². The van der Waals surface area contributed by atoms with Crippen LogP contribution in [0.25, 0.3) is 0 Å². The molecule has 6 heteroatoms. The smallest absolute Gasteiger partial charge is 0.181 e. The Balaban J connectivity index is -0.000000391. The van der Waals surface area contributed by atoms with Crippen LogP contribution >= 0.6 is 0 Å². The number of pyridine rings is 3. The highest BCUT2D eigenvalue weighted by atomic mass is 127. The maximum absolute atomic E-state index is 2.26. The Hall–Kier alpha value is -0.360. The molecule has 3 aromatic heterocycles. The molecule has 0 spiro atoms. The molecule has 0 aliphatic carbocycles. The maximum Gasteiger partial charge on any atom is 0.181 e. The molecule has 33 heavy (non-hydrogen) atoms. The van der Waals surface area contributed by atoms with Crippen molar-refractivity contribution in [1.82, 2.24) is 0 Å². The summed E-state index contributed by atoms with van der Waals surface area (Å²) in [6.07, 6.45) is 9.73. The van der Waals surface area contributed by atoms with Gasteiger partial charge in [0.1, 0.15) is 19.6 Å². The third-order valence-electron chi connectivity index (χ3n) is 5.21. The average Bonchev–Trinajstić information content (AvgIpc) is 2.84. The van der Waals surface area contributed by atoms with E-state index < -0.39 is 0 Å². The molecule has 0 N–H and O–H groups in total. The summed E-state index contributed by atoms with van der Waals surface area (Å²) >= 11 is 0. The molecule has 0 aliphatic rings. The first-order chi connectivity index (χ1) is 14.6. The Morgan fingerprint density at radius 3 is 0.818 bits per heavy atom. The first-order valence-corrected chi connectivity index (χ1v) is 11.6. The van der Waals surface area contributed by atoms with Crippen molar-refractivity contribution in [2.45, 2.75) is 80.4 Å². The summed E-state index contributed by atoms with van der Waals surface area (Å²) in [5.41, 5.74) is 4.22. The Bertz CT molecular complexity index is 675. The molecule has 0 amide bonds. The van der Waals surface area contributed by atoms with E-state index in [1.54, 1.807) is 0 Å². The molecule has 0 atom stereocenters. The topological polar surface area (TPSA) is 11.6 Å². The highest BCUT2D eigenvalue weighted by molar-refractivity contribution is 4.97. The van der Waals surface area contributed by atoms with Crippen molar-refractivity contribution in [1.29, 1.82) is 0 Å². The lowest BCUT2D eigenvalue weighted by atomic mass is 10.3. The molecule has 0 aliphatic heterocycles. The fourth-order valence-electron chi connectivity index (χ4n) is 3.42. The number of nitrogens with zero attached hydrogens (tertiary/aromatic N) is 3. The predicted octanol–water partition coefficient (Wildman–Crippen LogP) is -4.32. The van der Waals surface area contributed by atoms with E-state index in [4.69, 9.17) is 0 Å². The molecule has 3 nitrogen and oxygen atoms in total. The van der Waals surface area contributed by atoms with Crippen LogP contribution in [0.5, 0.6) is 0 Å². The summed E-state index contributed by atoms with van der Waals surface area (Å²) in [4.78, 5) is 0. The van der Waals surface area contributed by atoms with Crippen molar-refractivity contribution < 1.29 is 85.6 Å². The Morgan fingerprint density at radius 2 is 0.667 bits per heavy atom. The van der Waals surface area contributed by atoms with Gasteiger partial charge in [0.15, 0.2) is 35.7 Å². The zero-order chi connectivity index (χ0) is 22.2. The number of rotatable bonds is 6. The highest BCUT2D eigenvalue weighted by Gasteiger charge is 2.03. The largest absolute Gasteiger partial charge is 1.00 e. The second-order valence-electron chi connectivity index (χ2n) is 6.99. The van der Waals surface area contributed by atoms with E-state index in [1.807, 2.05) is 0 Å². The summed E-state index contributed by atoms with van der Waals surface area (Å²) in [6, 6.07) is 19.0. The Kier molecular flexibility index (Phi) is 26.4. The minimum atomic E-state index is 0. The fraction of sp³-hybridized carbons (Fsp3) is 0.444. The summed E-state index contributed by atoms with van der Waals surface area (Å²) in [5, 5.41) is 0. The monoisotopic (exact) mass is 789 g/mol. The van der Waals surface area contributed by atoms with Crippen LogP contribution in [0, 0.1) is 0 Å². The molecule has 3 aromatic rings. The molecular weight excluding hydrogens is 747 g/mol. The van der Waals surface area contributed by atoms with Gasteiger partial charge in [0, 0.05) is 55.7 Å². The van der Waals surface area contributed by atoms with Crippen molar-refractivity contribution in [3.05, 3.63) is 90.3 Å². The zero-order valence-corrected chi connectivity index (χ0v) is 27.6. The van der Waals surface area contributed by atoms with Crippen molar-refractivity contribution in [3.63, 3.8) is 0 Å². The molecule has 0 bridgehead atoms. The van der Waals surface area contributed by atoms with E-state index in [0.29, 0.717) is 0 Å². The quantitative estimate of drug-likeness (QED) is 0.177. The first kappa shape index (κ1) is 37.2. The van der Waals surface area contributed by atoms with Crippen molar-refractivity contribution >= 4 is 0 Å². The van der Waals surface area contributed by atoms with Gasteiger partial charge in [-0.1, -0.05) is 39.0 Å². The standard InChI is InChI=1S/3C9H14N.3HI/c3*1-3-9-7-5-6-8-10(9)4-2;;;/h3*5-8H,3-4H2,1-2H3;3*1H/q3*+1;;;/p-3. The average molecular weight is 789 g/mol. The molecule has 0 radical (unpaired) electrons. The molecule has 0 fully saturated rings. The predicted molar refractivity (Wildman–Crippen MR) is 125 cm³/mol. The zero-order valence-electron chi connectivity index (χ0n) is 21.1. The van der Waals surface area contributed by atoms with Crippen LogP contribution in [0.2, 0.25) is 0 Å². The van der Waals surface area contributed by atoms with Gasteiger partial charge in [-0.05, 0) is 20.8 Å². The van der Waals surface area contributed by atoms with Gasteiger partial charge in [-0.25, -0.2) is 13.7 Å². The van der Waals surface area contributed by atoms with Crippen LogP contribution in [0.1, 0.15) is 58.6 Å². The van der Waals surface area contributed by atoms with Gasteiger partial charge < -0.3 is 71.9 Å². The summed E-state index contributed by atoms with van der Waals surface area (Å²) in [7, 11) is 0. The molecule has 0 saturated carbocycles. The molecule has 186 valence electrons. The third kappa shape index (κ3) is 13.9. The van der Waals surface area contributed by atoms with Crippen LogP contribution in [0.15, 0.2) is 73.2 Å². The molecule has 3 heterocycles. The van der Waals surface area contributed by atoms with Gasteiger partial charge in [-0.15, -0.1) is 0 Å². The Morgan fingerprint density at radius 1 is 0.424 bits per heavy atom. The van der Waals surface area contributed by atoms with Gasteiger partial charge >= 0.3 is 0 Å². The van der Waals surface area contributed by atoms with Crippen LogP contribution in [-0.4, -0.2) is 0 Å². The number of hydrogen-bond acceptors (Lipinski definition) is 0. The van der Waals surface area contributed by atoms with Gasteiger partial charge in [-0.3, -0.25) is 0 Å². The maximum atomic E-state index is 2.26. The lowest BCUT2D eigenvalue weighted by molar-refractivity contribution is -0.700. The normalized spacial score (nSPS) is 8.91. The highest BCUT2D eigenvalue weighted by Crippen LogP contribution is 1.92. The van der Waals surface area contributed by atoms with E-state index in [1.165, 1.54) is 17.1 Å². The first-order valence-electron chi connectivity index (χ1n) is 11.6. The van der Waals surface area contributed by atoms with Gasteiger partial charge in [-0.2, -0.15) is 0 Å². The SMILES string of the molecule is CCc1cccc[n+]1CC.CCc1cccc[n+]1CC.CCc1cccc[n+]1CC.[I-].[I-].[I-]. The van der Waals surface area contributed by atoms with Crippen LogP contribution in [0.4, 0.5) is 0 Å². The molecule has 3 rings (SSSR count). The molecule has 0 unspecified atom stereocenters. The minimum absolute atomic E-state index is 0. The summed E-state index contributed by atoms with van der Waals surface area (Å²) < 4.78 is 6.79. The van der Waals surface area contributed by atoms with E-state index in [2.05, 4.69) is 128 Å². The summed E-state index contributed by atoms with van der Waals surface area (Å²) in [5.74, 6) is 0. The molecule has 0 saturated heterocycles. The molecule has 0 aromatic carbocycles. The lowest BCUT2D eigenvalue weighted by Gasteiger charge is -1.96. The van der Waals surface area contributed by atoms with E-state index in [9.17, 15) is 0 Å². The number of aromatic nitrogens is 3. The Labute approximate surface area is 254 Å². The van der Waals surface area contributed by atoms with Crippen molar-refractivity contribution in [2.24, 2.45) is 0 Å². The number of halogens is 3. The second-order valence-corrected chi connectivity index (χ2v) is 6.99. The van der Waals surface area contributed by atoms with Gasteiger partial charge in [0.2, 0.25) is 0 Å². The molecular formula is C27H42I3N3. The van der Waals surface area contributed by atoms with Crippen molar-refractivity contribution in [3.8, 4) is 0 Å².